The van der Waals surface area contributed by atoms with Crippen molar-refractivity contribution in [3.63, 3.8) is 0 Å². The van der Waals surface area contributed by atoms with E-state index in [-0.39, 0.29) is 24.0 Å². The maximum Gasteiger partial charge on any atom is 0.416 e. The normalized spacial score (nSPS) is 17.2. The van der Waals surface area contributed by atoms with Gasteiger partial charge in [-0.1, -0.05) is 12.1 Å². The lowest BCUT2D eigenvalue weighted by Crippen LogP contribution is -2.48. The molecule has 2 aromatic heterocycles. The molecular formula is C20H22F3IN6O2. The molecular weight excluding hydrogens is 540 g/mol. The molecule has 3 heterocycles. The molecule has 0 spiro atoms. The quantitative estimate of drug-likeness (QED) is 0.285. The van der Waals surface area contributed by atoms with Crippen molar-refractivity contribution in [3.8, 4) is 11.6 Å². The van der Waals surface area contributed by atoms with Gasteiger partial charge in [0.15, 0.2) is 11.7 Å². The molecule has 4 rings (SSSR count). The van der Waals surface area contributed by atoms with E-state index in [1.807, 2.05) is 4.90 Å². The number of H-pyrrole nitrogens is 1. The van der Waals surface area contributed by atoms with Crippen LogP contribution in [-0.2, 0) is 17.5 Å². The van der Waals surface area contributed by atoms with Gasteiger partial charge < -0.3 is 19.4 Å². The number of morpholine rings is 1. The Bertz CT molecular complexity index is 1040. The summed E-state index contributed by atoms with van der Waals surface area (Å²) < 4.78 is 50.2. The van der Waals surface area contributed by atoms with Crippen molar-refractivity contribution in [1.82, 2.24) is 25.4 Å². The summed E-state index contributed by atoms with van der Waals surface area (Å²) in [4.78, 5) is 10.6. The van der Waals surface area contributed by atoms with Crippen LogP contribution >= 0.6 is 24.0 Å². The van der Waals surface area contributed by atoms with Gasteiger partial charge >= 0.3 is 6.18 Å². The van der Waals surface area contributed by atoms with Crippen molar-refractivity contribution in [2.75, 3.05) is 26.7 Å². The van der Waals surface area contributed by atoms with Crippen LogP contribution in [0.15, 0.2) is 52.1 Å². The van der Waals surface area contributed by atoms with E-state index < -0.39 is 17.8 Å². The number of rotatable bonds is 4. The molecule has 1 unspecified atom stereocenters. The fraction of sp³-hybridized carbons (Fsp3) is 0.350. The monoisotopic (exact) mass is 562 g/mol. The van der Waals surface area contributed by atoms with Crippen LogP contribution < -0.4 is 5.32 Å². The minimum atomic E-state index is -4.40. The van der Waals surface area contributed by atoms with Crippen molar-refractivity contribution in [1.29, 1.82) is 0 Å². The zero-order valence-corrected chi connectivity index (χ0v) is 19.4. The molecule has 1 aliphatic rings. The van der Waals surface area contributed by atoms with Gasteiger partial charge in [0.05, 0.1) is 31.5 Å². The third-order valence-electron chi connectivity index (χ3n) is 4.85. The van der Waals surface area contributed by atoms with Gasteiger partial charge in [0.1, 0.15) is 11.9 Å². The summed E-state index contributed by atoms with van der Waals surface area (Å²) in [6.07, 6.45) is -3.34. The Hall–Kier alpha value is -2.61. The number of halogens is 4. The Kier molecular flexibility index (Phi) is 7.77. The van der Waals surface area contributed by atoms with Gasteiger partial charge in [-0.15, -0.1) is 29.1 Å². The molecule has 1 fully saturated rings. The standard InChI is InChI=1S/C20H21F3N6O2.HI/c1-24-19(25-11-17-26-18(28-27-17)15-6-3-8-30-15)29-7-9-31-16(12-29)13-4-2-5-14(10-13)20(21,22)23;/h2-6,8,10,16H,7,9,11-12H2,1H3,(H,24,25)(H,26,27,28);1H. The third-order valence-corrected chi connectivity index (χ3v) is 4.85. The molecule has 3 aromatic rings. The van der Waals surface area contributed by atoms with E-state index in [1.54, 1.807) is 31.5 Å². The molecule has 2 N–H and O–H groups in total. The number of aromatic nitrogens is 3. The van der Waals surface area contributed by atoms with E-state index in [0.29, 0.717) is 55.2 Å². The smallest absolute Gasteiger partial charge is 0.416 e. The van der Waals surface area contributed by atoms with Crippen molar-refractivity contribution in [2.45, 2.75) is 18.8 Å². The zero-order valence-electron chi connectivity index (χ0n) is 17.1. The molecule has 1 atom stereocenters. The van der Waals surface area contributed by atoms with Gasteiger partial charge in [-0.2, -0.15) is 13.2 Å². The van der Waals surface area contributed by atoms with Crippen LogP contribution in [0.1, 0.15) is 23.1 Å². The summed E-state index contributed by atoms with van der Waals surface area (Å²) in [7, 11) is 1.64. The van der Waals surface area contributed by atoms with Crippen molar-refractivity contribution < 1.29 is 22.3 Å². The zero-order chi connectivity index (χ0) is 21.8. The van der Waals surface area contributed by atoms with Gasteiger partial charge in [-0.25, -0.2) is 4.98 Å². The summed E-state index contributed by atoms with van der Waals surface area (Å²) in [5, 5.41) is 10.2. The number of benzene rings is 1. The van der Waals surface area contributed by atoms with Crippen molar-refractivity contribution in [3.05, 3.63) is 59.6 Å². The van der Waals surface area contributed by atoms with Crippen LogP contribution in [-0.4, -0.2) is 52.8 Å². The Labute approximate surface area is 199 Å². The Morgan fingerprint density at radius 2 is 2.16 bits per heavy atom. The highest BCUT2D eigenvalue weighted by atomic mass is 127. The van der Waals surface area contributed by atoms with E-state index in [0.717, 1.165) is 12.1 Å². The maximum atomic E-state index is 13.0. The van der Waals surface area contributed by atoms with Crippen molar-refractivity contribution in [2.24, 2.45) is 4.99 Å². The number of hydrogen-bond acceptors (Lipinski definition) is 5. The number of nitrogens with one attached hydrogen (secondary N) is 2. The lowest BCUT2D eigenvalue weighted by molar-refractivity contribution is -0.137. The summed E-state index contributed by atoms with van der Waals surface area (Å²) in [5.74, 6) is 2.20. The molecule has 0 radical (unpaired) electrons. The first-order chi connectivity index (χ1) is 14.9. The van der Waals surface area contributed by atoms with Gasteiger partial charge in [0.2, 0.25) is 5.82 Å². The molecule has 0 aliphatic carbocycles. The molecule has 0 amide bonds. The van der Waals surface area contributed by atoms with Crippen LogP contribution in [0, 0.1) is 0 Å². The van der Waals surface area contributed by atoms with Crippen LogP contribution in [0.25, 0.3) is 11.6 Å². The predicted octanol–water partition coefficient (Wildman–Crippen LogP) is 3.85. The van der Waals surface area contributed by atoms with Gasteiger partial charge in [0.25, 0.3) is 0 Å². The second kappa shape index (κ2) is 10.3. The minimum Gasteiger partial charge on any atom is -0.461 e. The average molecular weight is 562 g/mol. The number of furan rings is 1. The Morgan fingerprint density at radius 3 is 2.88 bits per heavy atom. The van der Waals surface area contributed by atoms with E-state index in [4.69, 9.17) is 9.15 Å². The average Bonchev–Trinajstić information content (AvgIpc) is 3.46. The second-order valence-corrected chi connectivity index (χ2v) is 6.91. The second-order valence-electron chi connectivity index (χ2n) is 6.91. The van der Waals surface area contributed by atoms with Crippen LogP contribution in [0.4, 0.5) is 13.2 Å². The van der Waals surface area contributed by atoms with Crippen LogP contribution in [0.3, 0.4) is 0 Å². The van der Waals surface area contributed by atoms with Crippen LogP contribution in [0.5, 0.6) is 0 Å². The molecule has 172 valence electrons. The van der Waals surface area contributed by atoms with Gasteiger partial charge in [-0.05, 0) is 29.8 Å². The molecule has 1 aromatic carbocycles. The number of aliphatic imine (C=N–C) groups is 1. The molecule has 0 saturated carbocycles. The summed E-state index contributed by atoms with van der Waals surface area (Å²) >= 11 is 0. The topological polar surface area (TPSA) is 91.6 Å². The molecule has 1 saturated heterocycles. The highest BCUT2D eigenvalue weighted by molar-refractivity contribution is 14.0. The fourth-order valence-corrected chi connectivity index (χ4v) is 3.34. The first-order valence-electron chi connectivity index (χ1n) is 9.63. The lowest BCUT2D eigenvalue weighted by Gasteiger charge is -2.35. The highest BCUT2D eigenvalue weighted by Gasteiger charge is 2.32. The minimum absolute atomic E-state index is 0. The molecule has 0 bridgehead atoms. The number of ether oxygens (including phenoxy) is 1. The Balaban J connectivity index is 0.00000289. The summed E-state index contributed by atoms with van der Waals surface area (Å²) in [6.45, 7) is 1.64. The molecule has 12 heteroatoms. The SMILES string of the molecule is CN=C(NCc1nc(-c2ccco2)n[nH]1)N1CCOC(c2cccc(C(F)(F)F)c2)C1.I. The molecule has 32 heavy (non-hydrogen) atoms. The van der Waals surface area contributed by atoms with Gasteiger partial charge in [0, 0.05) is 13.6 Å². The number of alkyl halides is 3. The fourth-order valence-electron chi connectivity index (χ4n) is 3.34. The number of hydrogen-bond donors (Lipinski definition) is 2. The van der Waals surface area contributed by atoms with E-state index in [1.165, 1.54) is 6.07 Å². The van der Waals surface area contributed by atoms with Crippen LogP contribution in [0.2, 0.25) is 0 Å². The Morgan fingerprint density at radius 1 is 1.31 bits per heavy atom. The van der Waals surface area contributed by atoms with E-state index in [9.17, 15) is 13.2 Å². The van der Waals surface area contributed by atoms with Gasteiger partial charge in [-0.3, -0.25) is 10.1 Å². The predicted molar refractivity (Wildman–Crippen MR) is 121 cm³/mol. The summed E-state index contributed by atoms with van der Waals surface area (Å²) in [6, 6.07) is 8.75. The molecule has 1 aliphatic heterocycles. The number of aromatic amines is 1. The lowest BCUT2D eigenvalue weighted by atomic mass is 10.0. The number of nitrogens with zero attached hydrogens (tertiary/aromatic N) is 4. The largest absolute Gasteiger partial charge is 0.461 e. The molecule has 8 nitrogen and oxygen atoms in total. The van der Waals surface area contributed by atoms with Crippen molar-refractivity contribution >= 4 is 29.9 Å². The highest BCUT2D eigenvalue weighted by Crippen LogP contribution is 2.32. The third kappa shape index (κ3) is 5.59. The summed E-state index contributed by atoms with van der Waals surface area (Å²) in [5.41, 5.74) is -0.209. The number of guanidine groups is 1. The van der Waals surface area contributed by atoms with E-state index >= 15 is 0 Å². The first-order valence-corrected chi connectivity index (χ1v) is 9.63. The van der Waals surface area contributed by atoms with E-state index in [2.05, 4.69) is 25.5 Å². The first kappa shape index (κ1) is 24.0. The maximum absolute atomic E-state index is 13.0.